The molecular formula is C14H19F2N. The molecule has 1 atom stereocenters. The Balaban J connectivity index is 2.24. The summed E-state index contributed by atoms with van der Waals surface area (Å²) in [7, 11) is 0. The van der Waals surface area contributed by atoms with Crippen molar-refractivity contribution in [3.8, 4) is 0 Å². The van der Waals surface area contributed by atoms with Crippen molar-refractivity contribution < 1.29 is 8.78 Å². The van der Waals surface area contributed by atoms with Crippen LogP contribution >= 0.6 is 0 Å². The number of alkyl halides is 1. The van der Waals surface area contributed by atoms with Crippen LogP contribution in [0.5, 0.6) is 0 Å². The molecule has 1 nitrogen and oxygen atoms in total. The van der Waals surface area contributed by atoms with E-state index >= 15 is 0 Å². The highest BCUT2D eigenvalue weighted by Gasteiger charge is 2.40. The largest absolute Gasteiger partial charge is 0.330 e. The SMILES string of the molecule is NCC1(C(F)c2cccc(F)c2)CCCCC1. The van der Waals surface area contributed by atoms with Crippen LogP contribution in [-0.4, -0.2) is 6.54 Å². The van der Waals surface area contributed by atoms with E-state index in [4.69, 9.17) is 5.73 Å². The Morgan fingerprint density at radius 1 is 1.24 bits per heavy atom. The quantitative estimate of drug-likeness (QED) is 0.854. The molecule has 1 saturated carbocycles. The summed E-state index contributed by atoms with van der Waals surface area (Å²) in [5.41, 5.74) is 5.73. The Morgan fingerprint density at radius 2 is 1.94 bits per heavy atom. The monoisotopic (exact) mass is 239 g/mol. The molecule has 0 heterocycles. The van der Waals surface area contributed by atoms with E-state index in [-0.39, 0.29) is 5.82 Å². The van der Waals surface area contributed by atoms with Gasteiger partial charge in [-0.25, -0.2) is 8.78 Å². The van der Waals surface area contributed by atoms with Crippen LogP contribution in [0, 0.1) is 11.2 Å². The molecule has 1 fully saturated rings. The third-order valence-corrected chi connectivity index (χ3v) is 3.93. The van der Waals surface area contributed by atoms with Crippen molar-refractivity contribution in [1.82, 2.24) is 0 Å². The summed E-state index contributed by atoms with van der Waals surface area (Å²) >= 11 is 0. The lowest BCUT2D eigenvalue weighted by molar-refractivity contribution is 0.0675. The molecule has 1 aromatic rings. The first-order valence-corrected chi connectivity index (χ1v) is 6.27. The van der Waals surface area contributed by atoms with Crippen LogP contribution < -0.4 is 5.73 Å². The lowest BCUT2D eigenvalue weighted by atomic mass is 9.69. The fourth-order valence-corrected chi connectivity index (χ4v) is 2.83. The summed E-state index contributed by atoms with van der Waals surface area (Å²) in [5, 5.41) is 0. The Kier molecular flexibility index (Phi) is 3.77. The van der Waals surface area contributed by atoms with Gasteiger partial charge in [0.1, 0.15) is 12.0 Å². The van der Waals surface area contributed by atoms with Gasteiger partial charge in [-0.3, -0.25) is 0 Å². The van der Waals surface area contributed by atoms with E-state index in [0.29, 0.717) is 12.1 Å². The van der Waals surface area contributed by atoms with Crippen LogP contribution in [0.25, 0.3) is 0 Å². The second-order valence-electron chi connectivity index (χ2n) is 5.04. The lowest BCUT2D eigenvalue weighted by Crippen LogP contribution is -2.37. The van der Waals surface area contributed by atoms with Crippen LogP contribution in [0.1, 0.15) is 43.8 Å². The summed E-state index contributed by atoms with van der Waals surface area (Å²) < 4.78 is 27.7. The molecule has 1 unspecified atom stereocenters. The average molecular weight is 239 g/mol. The summed E-state index contributed by atoms with van der Waals surface area (Å²) in [6, 6.07) is 5.84. The average Bonchev–Trinajstić information content (AvgIpc) is 2.38. The molecule has 0 aliphatic heterocycles. The van der Waals surface area contributed by atoms with E-state index in [2.05, 4.69) is 0 Å². The third-order valence-electron chi connectivity index (χ3n) is 3.93. The second kappa shape index (κ2) is 5.13. The zero-order valence-electron chi connectivity index (χ0n) is 9.96. The fraction of sp³-hybridized carbons (Fsp3) is 0.571. The predicted octanol–water partition coefficient (Wildman–Crippen LogP) is 3.75. The molecule has 2 rings (SSSR count). The fourth-order valence-electron chi connectivity index (χ4n) is 2.83. The maximum Gasteiger partial charge on any atom is 0.132 e. The summed E-state index contributed by atoms with van der Waals surface area (Å²) in [4.78, 5) is 0. The van der Waals surface area contributed by atoms with Gasteiger partial charge < -0.3 is 5.73 Å². The van der Waals surface area contributed by atoms with Gasteiger partial charge in [-0.2, -0.15) is 0 Å². The van der Waals surface area contributed by atoms with Crippen molar-refractivity contribution in [1.29, 1.82) is 0 Å². The first-order valence-electron chi connectivity index (χ1n) is 6.27. The minimum atomic E-state index is -1.15. The van der Waals surface area contributed by atoms with Gasteiger partial charge in [-0.05, 0) is 30.5 Å². The highest BCUT2D eigenvalue weighted by molar-refractivity contribution is 5.21. The topological polar surface area (TPSA) is 26.0 Å². The highest BCUT2D eigenvalue weighted by atomic mass is 19.1. The van der Waals surface area contributed by atoms with Crippen molar-refractivity contribution in [3.63, 3.8) is 0 Å². The van der Waals surface area contributed by atoms with Crippen LogP contribution in [0.2, 0.25) is 0 Å². The highest BCUT2D eigenvalue weighted by Crippen LogP contribution is 2.47. The summed E-state index contributed by atoms with van der Waals surface area (Å²) in [6.07, 6.45) is 3.66. The first kappa shape index (κ1) is 12.5. The van der Waals surface area contributed by atoms with Gasteiger partial charge in [0.15, 0.2) is 0 Å². The van der Waals surface area contributed by atoms with E-state index in [1.807, 2.05) is 0 Å². The minimum Gasteiger partial charge on any atom is -0.330 e. The van der Waals surface area contributed by atoms with Gasteiger partial charge in [0, 0.05) is 12.0 Å². The van der Waals surface area contributed by atoms with E-state index in [9.17, 15) is 8.78 Å². The second-order valence-corrected chi connectivity index (χ2v) is 5.04. The van der Waals surface area contributed by atoms with E-state index in [1.54, 1.807) is 12.1 Å². The molecule has 1 aliphatic rings. The zero-order chi connectivity index (χ0) is 12.3. The lowest BCUT2D eigenvalue weighted by Gasteiger charge is -2.39. The van der Waals surface area contributed by atoms with Crippen molar-refractivity contribution in [2.45, 2.75) is 38.3 Å². The van der Waals surface area contributed by atoms with Crippen molar-refractivity contribution >= 4 is 0 Å². The van der Waals surface area contributed by atoms with Crippen LogP contribution in [0.3, 0.4) is 0 Å². The van der Waals surface area contributed by atoms with Gasteiger partial charge in [0.2, 0.25) is 0 Å². The Hall–Kier alpha value is -0.960. The molecule has 0 amide bonds. The van der Waals surface area contributed by atoms with Crippen LogP contribution in [0.4, 0.5) is 8.78 Å². The summed E-state index contributed by atoms with van der Waals surface area (Å²) in [5.74, 6) is -0.381. The maximum absolute atomic E-state index is 14.6. The summed E-state index contributed by atoms with van der Waals surface area (Å²) in [6.45, 7) is 0.338. The Labute approximate surface area is 101 Å². The van der Waals surface area contributed by atoms with Crippen LogP contribution in [-0.2, 0) is 0 Å². The zero-order valence-corrected chi connectivity index (χ0v) is 9.96. The van der Waals surface area contributed by atoms with Gasteiger partial charge in [-0.1, -0.05) is 31.4 Å². The number of halogens is 2. The Morgan fingerprint density at radius 3 is 2.53 bits per heavy atom. The van der Waals surface area contributed by atoms with Crippen LogP contribution in [0.15, 0.2) is 24.3 Å². The van der Waals surface area contributed by atoms with E-state index in [0.717, 1.165) is 32.1 Å². The molecule has 3 heteroatoms. The number of hydrogen-bond acceptors (Lipinski definition) is 1. The molecule has 2 N–H and O–H groups in total. The van der Waals surface area contributed by atoms with Crippen molar-refractivity contribution in [2.75, 3.05) is 6.54 Å². The molecule has 0 aromatic heterocycles. The molecular weight excluding hydrogens is 220 g/mol. The molecule has 0 radical (unpaired) electrons. The maximum atomic E-state index is 14.6. The molecule has 0 bridgehead atoms. The van der Waals surface area contributed by atoms with Gasteiger partial charge in [-0.15, -0.1) is 0 Å². The number of rotatable bonds is 3. The minimum absolute atomic E-state index is 0.338. The van der Waals surface area contributed by atoms with Crippen molar-refractivity contribution in [2.24, 2.45) is 11.1 Å². The molecule has 0 saturated heterocycles. The molecule has 94 valence electrons. The number of hydrogen-bond donors (Lipinski definition) is 1. The Bertz CT molecular complexity index is 372. The standard InChI is InChI=1S/C14H19F2N/c15-12-6-4-5-11(9-12)13(16)14(10-17)7-2-1-3-8-14/h4-6,9,13H,1-3,7-8,10,17H2. The molecule has 0 spiro atoms. The van der Waals surface area contributed by atoms with Crippen molar-refractivity contribution in [3.05, 3.63) is 35.6 Å². The smallest absolute Gasteiger partial charge is 0.132 e. The third kappa shape index (κ3) is 2.49. The number of nitrogens with two attached hydrogens (primary N) is 1. The van der Waals surface area contributed by atoms with E-state index < -0.39 is 11.6 Å². The van der Waals surface area contributed by atoms with Gasteiger partial charge in [0.25, 0.3) is 0 Å². The van der Waals surface area contributed by atoms with E-state index in [1.165, 1.54) is 12.1 Å². The number of benzene rings is 1. The first-order chi connectivity index (χ1) is 8.18. The van der Waals surface area contributed by atoms with Gasteiger partial charge in [0.05, 0.1) is 0 Å². The normalized spacial score (nSPS) is 21.1. The van der Waals surface area contributed by atoms with Gasteiger partial charge >= 0.3 is 0 Å². The molecule has 17 heavy (non-hydrogen) atoms. The predicted molar refractivity (Wildman–Crippen MR) is 64.8 cm³/mol. The molecule has 1 aliphatic carbocycles. The molecule has 1 aromatic carbocycles.